The van der Waals surface area contributed by atoms with Gasteiger partial charge in [-0.15, -0.1) is 0 Å². The van der Waals surface area contributed by atoms with Gasteiger partial charge in [0.2, 0.25) is 0 Å². The Morgan fingerprint density at radius 1 is 0.615 bits per heavy atom. The molecular weight excluding hydrogens is 324 g/mol. The molecule has 0 aliphatic carbocycles. The Morgan fingerprint density at radius 2 is 1.15 bits per heavy atom. The van der Waals surface area contributed by atoms with Crippen LogP contribution in [0.25, 0.3) is 0 Å². The van der Waals surface area contributed by atoms with E-state index in [4.69, 9.17) is 14.2 Å². The maximum Gasteiger partial charge on any atom is 0.195 e. The van der Waals surface area contributed by atoms with Crippen LogP contribution in [0.5, 0.6) is 0 Å². The minimum atomic E-state index is -0.728. The van der Waals surface area contributed by atoms with Crippen LogP contribution in [0.3, 0.4) is 0 Å². The molecular formula is C23H48O3. The summed E-state index contributed by atoms with van der Waals surface area (Å²) in [4.78, 5) is 0. The van der Waals surface area contributed by atoms with Gasteiger partial charge in [0, 0.05) is 25.7 Å². The minimum Gasteiger partial charge on any atom is -0.372 e. The van der Waals surface area contributed by atoms with E-state index in [9.17, 15) is 0 Å². The third kappa shape index (κ3) is 6.21. The van der Waals surface area contributed by atoms with Crippen molar-refractivity contribution in [1.29, 1.82) is 0 Å². The predicted molar refractivity (Wildman–Crippen MR) is 113 cm³/mol. The van der Waals surface area contributed by atoms with Crippen molar-refractivity contribution in [2.45, 2.75) is 124 Å². The Labute approximate surface area is 164 Å². The maximum absolute atomic E-state index is 6.39. The second-order valence-electron chi connectivity index (χ2n) is 8.07. The van der Waals surface area contributed by atoms with Crippen molar-refractivity contribution >= 4 is 0 Å². The first-order valence-electron chi connectivity index (χ1n) is 11.2. The van der Waals surface area contributed by atoms with Crippen LogP contribution < -0.4 is 0 Å². The number of methoxy groups -OCH3 is 1. The van der Waals surface area contributed by atoms with E-state index in [1.165, 1.54) is 32.1 Å². The van der Waals surface area contributed by atoms with Gasteiger partial charge in [-0.25, -0.2) is 0 Å². The molecule has 0 aromatic heterocycles. The summed E-state index contributed by atoms with van der Waals surface area (Å²) >= 11 is 0. The van der Waals surface area contributed by atoms with Gasteiger partial charge in [-0.3, -0.25) is 0 Å². The normalized spacial score (nSPS) is 17.1. The first-order chi connectivity index (χ1) is 12.4. The molecule has 3 nitrogen and oxygen atoms in total. The molecule has 0 rings (SSSR count). The molecule has 0 fully saturated rings. The fraction of sp³-hybridized carbons (Fsp3) is 1.00. The van der Waals surface area contributed by atoms with Crippen LogP contribution in [-0.4, -0.2) is 31.7 Å². The predicted octanol–water partition coefficient (Wildman–Crippen LogP) is 7.13. The van der Waals surface area contributed by atoms with Gasteiger partial charge < -0.3 is 14.2 Å². The van der Waals surface area contributed by atoms with Crippen LogP contribution in [0.4, 0.5) is 0 Å². The zero-order valence-corrected chi connectivity index (χ0v) is 19.2. The van der Waals surface area contributed by atoms with Crippen molar-refractivity contribution in [1.82, 2.24) is 0 Å². The number of rotatable bonds is 17. The summed E-state index contributed by atoms with van der Waals surface area (Å²) in [6.45, 7) is 16.6. The zero-order valence-electron chi connectivity index (χ0n) is 19.2. The molecule has 158 valence electrons. The molecule has 0 aromatic carbocycles. The summed E-state index contributed by atoms with van der Waals surface area (Å²) < 4.78 is 18.9. The molecule has 0 aliphatic rings. The molecule has 0 amide bonds. The fourth-order valence-corrected chi connectivity index (χ4v) is 4.99. The van der Waals surface area contributed by atoms with Gasteiger partial charge in [0.15, 0.2) is 5.79 Å². The molecule has 2 unspecified atom stereocenters. The third-order valence-corrected chi connectivity index (χ3v) is 6.13. The summed E-state index contributed by atoms with van der Waals surface area (Å²) in [6.07, 6.45) is 12.0. The van der Waals surface area contributed by atoms with E-state index in [0.717, 1.165) is 32.1 Å². The summed E-state index contributed by atoms with van der Waals surface area (Å²) in [7, 11) is 1.86. The van der Waals surface area contributed by atoms with Crippen molar-refractivity contribution < 1.29 is 14.2 Å². The highest BCUT2D eigenvalue weighted by atomic mass is 16.7. The first kappa shape index (κ1) is 25.9. The van der Waals surface area contributed by atoms with Gasteiger partial charge in [-0.1, -0.05) is 72.6 Å². The lowest BCUT2D eigenvalue weighted by atomic mass is 9.61. The van der Waals surface area contributed by atoms with Crippen molar-refractivity contribution in [3.63, 3.8) is 0 Å². The highest BCUT2D eigenvalue weighted by molar-refractivity contribution is 5.05. The van der Waals surface area contributed by atoms with Crippen molar-refractivity contribution in [3.8, 4) is 0 Å². The molecule has 0 radical (unpaired) electrons. The van der Waals surface area contributed by atoms with E-state index < -0.39 is 11.4 Å². The lowest BCUT2D eigenvalue weighted by molar-refractivity contribution is -0.349. The van der Waals surface area contributed by atoms with E-state index in [-0.39, 0.29) is 5.41 Å². The topological polar surface area (TPSA) is 27.7 Å². The Hall–Kier alpha value is -0.120. The SMILES string of the molecule is CCCCCCCC(C)(CCC)C(CCC)(OC)C(C)(OCC)OCC. The molecule has 3 heteroatoms. The molecule has 0 saturated heterocycles. The zero-order chi connectivity index (χ0) is 20.1. The summed E-state index contributed by atoms with van der Waals surface area (Å²) in [5.74, 6) is -0.728. The van der Waals surface area contributed by atoms with Crippen molar-refractivity contribution in [3.05, 3.63) is 0 Å². The van der Waals surface area contributed by atoms with Crippen LogP contribution in [0.2, 0.25) is 0 Å². The second kappa shape index (κ2) is 13.1. The van der Waals surface area contributed by atoms with Gasteiger partial charge >= 0.3 is 0 Å². The van der Waals surface area contributed by atoms with Crippen LogP contribution in [0, 0.1) is 5.41 Å². The maximum atomic E-state index is 6.39. The number of unbranched alkanes of at least 4 members (excludes halogenated alkanes) is 4. The second-order valence-corrected chi connectivity index (χ2v) is 8.07. The van der Waals surface area contributed by atoms with Crippen LogP contribution in [0.1, 0.15) is 113 Å². The molecule has 0 bridgehead atoms. The quantitative estimate of drug-likeness (QED) is 0.201. The van der Waals surface area contributed by atoms with Crippen LogP contribution >= 0.6 is 0 Å². The number of hydrogen-bond acceptors (Lipinski definition) is 3. The van der Waals surface area contributed by atoms with E-state index in [2.05, 4.69) is 34.6 Å². The first-order valence-corrected chi connectivity index (χ1v) is 11.2. The summed E-state index contributed by atoms with van der Waals surface area (Å²) in [5, 5.41) is 0. The van der Waals surface area contributed by atoms with Gasteiger partial charge in [-0.05, 0) is 40.0 Å². The van der Waals surface area contributed by atoms with Gasteiger partial charge in [-0.2, -0.15) is 0 Å². The molecule has 0 saturated carbocycles. The van der Waals surface area contributed by atoms with E-state index >= 15 is 0 Å². The Balaban J connectivity index is 5.79. The molecule has 0 heterocycles. The lowest BCUT2D eigenvalue weighted by Gasteiger charge is -2.56. The Kier molecular flexibility index (Phi) is 13.1. The summed E-state index contributed by atoms with van der Waals surface area (Å²) in [6, 6.07) is 0. The minimum absolute atomic E-state index is 0.0256. The lowest BCUT2D eigenvalue weighted by Crippen LogP contribution is -2.65. The molecule has 2 atom stereocenters. The Bertz CT molecular complexity index is 338. The third-order valence-electron chi connectivity index (χ3n) is 6.13. The average molecular weight is 373 g/mol. The summed E-state index contributed by atoms with van der Waals surface area (Å²) in [5.41, 5.74) is -0.417. The highest BCUT2D eigenvalue weighted by Gasteiger charge is 2.60. The molecule has 0 aliphatic heterocycles. The van der Waals surface area contributed by atoms with Gasteiger partial charge in [0.05, 0.1) is 0 Å². The average Bonchev–Trinajstić information content (AvgIpc) is 2.60. The number of hydrogen-bond donors (Lipinski definition) is 0. The van der Waals surface area contributed by atoms with Gasteiger partial charge in [0.1, 0.15) is 5.60 Å². The smallest absolute Gasteiger partial charge is 0.195 e. The molecule has 26 heavy (non-hydrogen) atoms. The molecule has 0 spiro atoms. The fourth-order valence-electron chi connectivity index (χ4n) is 4.99. The van der Waals surface area contributed by atoms with Crippen LogP contribution in [0.15, 0.2) is 0 Å². The van der Waals surface area contributed by atoms with Crippen LogP contribution in [-0.2, 0) is 14.2 Å². The largest absolute Gasteiger partial charge is 0.372 e. The molecule has 0 aromatic rings. The van der Waals surface area contributed by atoms with E-state index in [1.54, 1.807) is 0 Å². The van der Waals surface area contributed by atoms with Crippen molar-refractivity contribution in [2.75, 3.05) is 20.3 Å². The number of ether oxygens (including phenoxy) is 3. The standard InChI is InChI=1S/C23H48O3/c1-9-14-15-16-17-20-21(6,18-10-2)23(24-8,19-11-3)22(7,25-12-4)26-13-5/h9-20H2,1-8H3. The van der Waals surface area contributed by atoms with Crippen molar-refractivity contribution in [2.24, 2.45) is 5.41 Å². The Morgan fingerprint density at radius 3 is 1.58 bits per heavy atom. The van der Waals surface area contributed by atoms with E-state index in [1.807, 2.05) is 21.0 Å². The van der Waals surface area contributed by atoms with Gasteiger partial charge in [0.25, 0.3) is 0 Å². The monoisotopic (exact) mass is 372 g/mol. The highest BCUT2D eigenvalue weighted by Crippen LogP contribution is 2.53. The van der Waals surface area contributed by atoms with E-state index in [0.29, 0.717) is 13.2 Å². The molecule has 0 N–H and O–H groups in total.